The molecular formula is C18H29IN6S. The zero-order chi connectivity index (χ0) is 18.1. The van der Waals surface area contributed by atoms with Gasteiger partial charge in [0.25, 0.3) is 0 Å². The molecule has 0 amide bonds. The van der Waals surface area contributed by atoms with E-state index in [1.54, 1.807) is 18.4 Å². The van der Waals surface area contributed by atoms with Gasteiger partial charge in [0.2, 0.25) is 0 Å². The molecule has 0 aromatic carbocycles. The smallest absolute Gasteiger partial charge is 0.191 e. The minimum atomic E-state index is 0. The van der Waals surface area contributed by atoms with Crippen LogP contribution < -0.4 is 15.5 Å². The summed E-state index contributed by atoms with van der Waals surface area (Å²) in [5, 5.41) is 7.69. The molecule has 0 unspecified atom stereocenters. The van der Waals surface area contributed by atoms with E-state index >= 15 is 0 Å². The Kier molecular flexibility index (Phi) is 10.5. The second kappa shape index (κ2) is 12.1. The molecule has 0 aliphatic heterocycles. The molecule has 0 saturated carbocycles. The van der Waals surface area contributed by atoms with Crippen LogP contribution in [0.1, 0.15) is 36.2 Å². The zero-order valence-corrected chi connectivity index (χ0v) is 19.1. The van der Waals surface area contributed by atoms with Gasteiger partial charge in [0.15, 0.2) is 5.96 Å². The number of aliphatic imine (C=N–C) groups is 1. The van der Waals surface area contributed by atoms with Crippen LogP contribution in [0.25, 0.3) is 0 Å². The van der Waals surface area contributed by atoms with E-state index in [-0.39, 0.29) is 24.0 Å². The minimum absolute atomic E-state index is 0. The standard InChI is InChI=1S/C18H28N6S.HI/c1-5-15-12-21-17(25-15)13-23-18(19-4)22-11-14-8-9-16(20-10-14)24(6-2)7-3;/h8-10,12H,5-7,11,13H2,1-4H3,(H2,19,22,23);1H. The molecule has 2 heterocycles. The summed E-state index contributed by atoms with van der Waals surface area (Å²) in [6.45, 7) is 9.73. The van der Waals surface area contributed by atoms with E-state index in [2.05, 4.69) is 63.4 Å². The summed E-state index contributed by atoms with van der Waals surface area (Å²) in [4.78, 5) is 16.8. The van der Waals surface area contributed by atoms with Crippen LogP contribution in [0.2, 0.25) is 0 Å². The van der Waals surface area contributed by atoms with Crippen LogP contribution in [-0.4, -0.2) is 36.1 Å². The molecule has 144 valence electrons. The van der Waals surface area contributed by atoms with E-state index in [0.717, 1.165) is 41.9 Å². The van der Waals surface area contributed by atoms with Crippen molar-refractivity contribution in [1.29, 1.82) is 0 Å². The quantitative estimate of drug-likeness (QED) is 0.339. The Bertz CT molecular complexity index is 667. The molecule has 6 nitrogen and oxygen atoms in total. The molecule has 2 aromatic heterocycles. The maximum atomic E-state index is 4.55. The van der Waals surface area contributed by atoms with Gasteiger partial charge in [-0.3, -0.25) is 4.99 Å². The Balaban J connectivity index is 0.00000338. The van der Waals surface area contributed by atoms with Crippen LogP contribution in [0.3, 0.4) is 0 Å². The summed E-state index contributed by atoms with van der Waals surface area (Å²) in [6.07, 6.45) is 4.89. The average Bonchev–Trinajstić information content (AvgIpc) is 3.12. The highest BCUT2D eigenvalue weighted by atomic mass is 127. The van der Waals surface area contributed by atoms with Crippen molar-refractivity contribution in [2.24, 2.45) is 4.99 Å². The SMILES string of the molecule is CCc1cnc(CNC(=NC)NCc2ccc(N(CC)CC)nc2)s1.I. The number of aryl methyl sites for hydroxylation is 1. The summed E-state index contributed by atoms with van der Waals surface area (Å²) in [5.74, 6) is 1.79. The van der Waals surface area contributed by atoms with Gasteiger partial charge < -0.3 is 15.5 Å². The van der Waals surface area contributed by atoms with Gasteiger partial charge >= 0.3 is 0 Å². The number of guanidine groups is 1. The normalized spacial score (nSPS) is 11.0. The highest BCUT2D eigenvalue weighted by molar-refractivity contribution is 14.0. The molecule has 0 spiro atoms. The number of nitrogens with zero attached hydrogens (tertiary/aromatic N) is 4. The highest BCUT2D eigenvalue weighted by Crippen LogP contribution is 2.13. The molecule has 2 rings (SSSR count). The molecule has 2 N–H and O–H groups in total. The molecule has 0 saturated heterocycles. The first-order valence-electron chi connectivity index (χ1n) is 8.78. The number of anilines is 1. The summed E-state index contributed by atoms with van der Waals surface area (Å²) < 4.78 is 0. The van der Waals surface area contributed by atoms with Gasteiger partial charge in [-0.25, -0.2) is 9.97 Å². The van der Waals surface area contributed by atoms with E-state index in [4.69, 9.17) is 0 Å². The van der Waals surface area contributed by atoms with Gasteiger partial charge in [-0.05, 0) is 31.9 Å². The fourth-order valence-corrected chi connectivity index (χ4v) is 3.22. The van der Waals surface area contributed by atoms with Crippen molar-refractivity contribution in [1.82, 2.24) is 20.6 Å². The lowest BCUT2D eigenvalue weighted by Gasteiger charge is -2.19. The Hall–Kier alpha value is -1.42. The van der Waals surface area contributed by atoms with Crippen molar-refractivity contribution in [3.05, 3.63) is 40.0 Å². The molecule has 2 aromatic rings. The Morgan fingerprint density at radius 1 is 1.08 bits per heavy atom. The van der Waals surface area contributed by atoms with Crippen molar-refractivity contribution in [3.63, 3.8) is 0 Å². The number of halogens is 1. The first-order chi connectivity index (χ1) is 12.2. The fraction of sp³-hybridized carbons (Fsp3) is 0.500. The number of nitrogens with one attached hydrogen (secondary N) is 2. The zero-order valence-electron chi connectivity index (χ0n) is 16.0. The Labute approximate surface area is 177 Å². The predicted octanol–water partition coefficient (Wildman–Crippen LogP) is 3.43. The lowest BCUT2D eigenvalue weighted by Crippen LogP contribution is -2.36. The molecule has 8 heteroatoms. The second-order valence-electron chi connectivity index (χ2n) is 5.55. The Morgan fingerprint density at radius 3 is 2.35 bits per heavy atom. The van der Waals surface area contributed by atoms with E-state index in [9.17, 15) is 0 Å². The van der Waals surface area contributed by atoms with Crippen LogP contribution >= 0.6 is 35.3 Å². The van der Waals surface area contributed by atoms with E-state index in [1.807, 2.05) is 12.4 Å². The largest absolute Gasteiger partial charge is 0.357 e. The van der Waals surface area contributed by atoms with Crippen LogP contribution in [0.15, 0.2) is 29.5 Å². The summed E-state index contributed by atoms with van der Waals surface area (Å²) >= 11 is 1.74. The van der Waals surface area contributed by atoms with Gasteiger partial charge in [0, 0.05) is 44.0 Å². The van der Waals surface area contributed by atoms with E-state index in [1.165, 1.54) is 4.88 Å². The maximum absolute atomic E-state index is 4.55. The molecule has 0 aliphatic carbocycles. The van der Waals surface area contributed by atoms with Crippen molar-refractivity contribution in [2.45, 2.75) is 40.3 Å². The number of pyridine rings is 1. The van der Waals surface area contributed by atoms with Crippen molar-refractivity contribution in [2.75, 3.05) is 25.0 Å². The molecule has 0 fully saturated rings. The first kappa shape index (κ1) is 22.6. The number of aromatic nitrogens is 2. The van der Waals surface area contributed by atoms with E-state index < -0.39 is 0 Å². The number of hydrogen-bond donors (Lipinski definition) is 2. The maximum Gasteiger partial charge on any atom is 0.191 e. The van der Waals surface area contributed by atoms with Crippen molar-refractivity contribution < 1.29 is 0 Å². The van der Waals surface area contributed by atoms with Gasteiger partial charge in [-0.15, -0.1) is 35.3 Å². The van der Waals surface area contributed by atoms with Crippen molar-refractivity contribution >= 4 is 47.1 Å². The lowest BCUT2D eigenvalue weighted by atomic mass is 10.2. The van der Waals surface area contributed by atoms with Crippen molar-refractivity contribution in [3.8, 4) is 0 Å². The average molecular weight is 488 g/mol. The molecule has 26 heavy (non-hydrogen) atoms. The fourth-order valence-electron chi connectivity index (χ4n) is 2.41. The van der Waals surface area contributed by atoms with Crippen LogP contribution in [0.5, 0.6) is 0 Å². The molecular weight excluding hydrogens is 459 g/mol. The van der Waals surface area contributed by atoms with E-state index in [0.29, 0.717) is 13.1 Å². The third-order valence-electron chi connectivity index (χ3n) is 3.94. The van der Waals surface area contributed by atoms with Gasteiger partial charge in [0.1, 0.15) is 10.8 Å². The van der Waals surface area contributed by atoms with Crippen LogP contribution in [-0.2, 0) is 19.5 Å². The summed E-state index contributed by atoms with van der Waals surface area (Å²) in [7, 11) is 1.77. The van der Waals surface area contributed by atoms with Gasteiger partial charge in [-0.1, -0.05) is 13.0 Å². The van der Waals surface area contributed by atoms with Crippen LogP contribution in [0.4, 0.5) is 5.82 Å². The number of thiazole rings is 1. The topological polar surface area (TPSA) is 65.4 Å². The lowest BCUT2D eigenvalue weighted by molar-refractivity contribution is 0.799. The third-order valence-corrected chi connectivity index (χ3v) is 5.08. The molecule has 0 bridgehead atoms. The monoisotopic (exact) mass is 488 g/mol. The summed E-state index contributed by atoms with van der Waals surface area (Å²) in [6, 6.07) is 4.18. The van der Waals surface area contributed by atoms with Gasteiger partial charge in [0.05, 0.1) is 6.54 Å². The first-order valence-corrected chi connectivity index (χ1v) is 9.59. The molecule has 0 radical (unpaired) electrons. The minimum Gasteiger partial charge on any atom is -0.357 e. The summed E-state index contributed by atoms with van der Waals surface area (Å²) in [5.41, 5.74) is 1.13. The molecule has 0 aliphatic rings. The Morgan fingerprint density at radius 2 is 1.81 bits per heavy atom. The predicted molar refractivity (Wildman–Crippen MR) is 122 cm³/mol. The number of hydrogen-bond acceptors (Lipinski definition) is 5. The molecule has 0 atom stereocenters. The van der Waals surface area contributed by atoms with Gasteiger partial charge in [-0.2, -0.15) is 0 Å². The number of rotatable bonds is 8. The third kappa shape index (κ3) is 6.71. The second-order valence-corrected chi connectivity index (χ2v) is 6.75. The highest BCUT2D eigenvalue weighted by Gasteiger charge is 2.05. The van der Waals surface area contributed by atoms with Crippen LogP contribution in [0, 0.1) is 0 Å².